The van der Waals surface area contributed by atoms with Crippen LogP contribution in [0.15, 0.2) is 12.5 Å². The summed E-state index contributed by atoms with van der Waals surface area (Å²) in [6.45, 7) is 6.78. The summed E-state index contributed by atoms with van der Waals surface area (Å²) >= 11 is 0. The van der Waals surface area contributed by atoms with E-state index in [2.05, 4.69) is 46.9 Å². The van der Waals surface area contributed by atoms with E-state index in [1.165, 1.54) is 37.9 Å². The van der Waals surface area contributed by atoms with Gasteiger partial charge in [0.05, 0.1) is 18.1 Å². The van der Waals surface area contributed by atoms with Crippen LogP contribution in [0, 0.1) is 5.92 Å². The largest absolute Gasteiger partial charge is 0.330 e. The fourth-order valence-electron chi connectivity index (χ4n) is 3.53. The van der Waals surface area contributed by atoms with Crippen molar-refractivity contribution in [2.75, 3.05) is 20.1 Å². The van der Waals surface area contributed by atoms with Crippen LogP contribution in [0.1, 0.15) is 57.3 Å². The second-order valence-corrected chi connectivity index (χ2v) is 6.85. The van der Waals surface area contributed by atoms with E-state index in [0.29, 0.717) is 18.0 Å². The van der Waals surface area contributed by atoms with Crippen LogP contribution < -0.4 is 5.32 Å². The number of imidazole rings is 1. The average molecular weight is 276 g/mol. The third-order valence-electron chi connectivity index (χ3n) is 4.73. The second-order valence-electron chi connectivity index (χ2n) is 6.85. The Labute approximate surface area is 122 Å². The van der Waals surface area contributed by atoms with Gasteiger partial charge in [0.2, 0.25) is 0 Å². The molecule has 1 aromatic heterocycles. The van der Waals surface area contributed by atoms with Gasteiger partial charge in [-0.1, -0.05) is 13.8 Å². The van der Waals surface area contributed by atoms with Crippen LogP contribution in [-0.4, -0.2) is 40.6 Å². The summed E-state index contributed by atoms with van der Waals surface area (Å²) in [5.41, 5.74) is 1.44. The molecule has 4 nitrogen and oxygen atoms in total. The van der Waals surface area contributed by atoms with Gasteiger partial charge in [-0.3, -0.25) is 4.90 Å². The van der Waals surface area contributed by atoms with Crippen molar-refractivity contribution in [3.63, 3.8) is 0 Å². The van der Waals surface area contributed by atoms with Crippen molar-refractivity contribution < 1.29 is 0 Å². The number of nitrogens with one attached hydrogen (secondary N) is 1. The van der Waals surface area contributed by atoms with Crippen molar-refractivity contribution in [1.29, 1.82) is 0 Å². The van der Waals surface area contributed by atoms with Crippen LogP contribution in [0.5, 0.6) is 0 Å². The first kappa shape index (κ1) is 14.1. The van der Waals surface area contributed by atoms with Crippen LogP contribution in [0.25, 0.3) is 0 Å². The van der Waals surface area contributed by atoms with Crippen molar-refractivity contribution in [3.05, 3.63) is 18.2 Å². The van der Waals surface area contributed by atoms with E-state index in [1.807, 2.05) is 6.33 Å². The molecule has 0 amide bonds. The van der Waals surface area contributed by atoms with Gasteiger partial charge in [-0.25, -0.2) is 4.98 Å². The van der Waals surface area contributed by atoms with Gasteiger partial charge in [0.15, 0.2) is 0 Å². The molecule has 2 unspecified atom stereocenters. The fraction of sp³-hybridized carbons (Fsp3) is 0.812. The Morgan fingerprint density at radius 2 is 2.15 bits per heavy atom. The lowest BCUT2D eigenvalue weighted by molar-refractivity contribution is 0.111. The van der Waals surface area contributed by atoms with E-state index in [1.54, 1.807) is 0 Å². The maximum Gasteiger partial charge on any atom is 0.0951 e. The first-order chi connectivity index (χ1) is 9.66. The Kier molecular flexibility index (Phi) is 4.13. The number of nitrogens with zero attached hydrogens (tertiary/aromatic N) is 3. The monoisotopic (exact) mass is 276 g/mol. The average Bonchev–Trinajstić information content (AvgIpc) is 3.15. The Morgan fingerprint density at radius 1 is 1.35 bits per heavy atom. The summed E-state index contributed by atoms with van der Waals surface area (Å²) in [7, 11) is 2.27. The summed E-state index contributed by atoms with van der Waals surface area (Å²) in [6, 6.07) is 1.82. The minimum absolute atomic E-state index is 0.526. The summed E-state index contributed by atoms with van der Waals surface area (Å²) in [6.07, 6.45) is 9.44. The van der Waals surface area contributed by atoms with Gasteiger partial charge in [-0.15, -0.1) is 0 Å². The number of aromatic nitrogens is 2. The maximum atomic E-state index is 4.44. The molecule has 20 heavy (non-hydrogen) atoms. The summed E-state index contributed by atoms with van der Waals surface area (Å²) in [5.74, 6) is 0.699. The van der Waals surface area contributed by atoms with E-state index in [0.717, 1.165) is 12.6 Å². The lowest BCUT2D eigenvalue weighted by atomic mass is 9.87. The molecule has 2 fully saturated rings. The molecule has 2 heterocycles. The third-order valence-corrected chi connectivity index (χ3v) is 4.73. The zero-order chi connectivity index (χ0) is 14.1. The second kappa shape index (κ2) is 5.86. The van der Waals surface area contributed by atoms with Crippen molar-refractivity contribution in [1.82, 2.24) is 19.8 Å². The molecule has 1 aliphatic carbocycles. The normalized spacial score (nSPS) is 28.2. The van der Waals surface area contributed by atoms with Crippen molar-refractivity contribution in [2.24, 2.45) is 5.92 Å². The van der Waals surface area contributed by atoms with Gasteiger partial charge in [0.1, 0.15) is 0 Å². The zero-order valence-electron chi connectivity index (χ0n) is 13.0. The van der Waals surface area contributed by atoms with Crippen LogP contribution >= 0.6 is 0 Å². The van der Waals surface area contributed by atoms with E-state index in [9.17, 15) is 0 Å². The molecule has 1 saturated heterocycles. The maximum absolute atomic E-state index is 4.44. The zero-order valence-corrected chi connectivity index (χ0v) is 13.0. The van der Waals surface area contributed by atoms with Crippen LogP contribution in [0.4, 0.5) is 0 Å². The minimum atomic E-state index is 0.526. The Balaban J connectivity index is 1.79. The first-order valence-electron chi connectivity index (χ1n) is 8.12. The van der Waals surface area contributed by atoms with E-state index < -0.39 is 0 Å². The molecule has 0 radical (unpaired) electrons. The molecular weight excluding hydrogens is 248 g/mol. The number of likely N-dealkylation sites (tertiary alicyclic amines) is 1. The molecule has 112 valence electrons. The lowest BCUT2D eigenvalue weighted by Crippen LogP contribution is -2.42. The van der Waals surface area contributed by atoms with Crippen LogP contribution in [-0.2, 0) is 0 Å². The SMILES string of the molecule is CC(C)NCC1CCCN(C)C1c1cncn1C1CC1. The van der Waals surface area contributed by atoms with Crippen LogP contribution in [0.2, 0.25) is 0 Å². The lowest BCUT2D eigenvalue weighted by Gasteiger charge is -2.40. The van der Waals surface area contributed by atoms with Gasteiger partial charge in [-0.2, -0.15) is 0 Å². The smallest absolute Gasteiger partial charge is 0.0951 e. The molecule has 0 aromatic carbocycles. The van der Waals surface area contributed by atoms with Gasteiger partial charge < -0.3 is 9.88 Å². The molecule has 4 heteroatoms. The highest BCUT2D eigenvalue weighted by molar-refractivity contribution is 5.12. The van der Waals surface area contributed by atoms with Crippen LogP contribution in [0.3, 0.4) is 0 Å². The predicted molar refractivity (Wildman–Crippen MR) is 81.7 cm³/mol. The standard InChI is InChI=1S/C16H28N4/c1-12(2)18-9-13-5-4-8-19(3)16(13)15-10-17-11-20(15)14-6-7-14/h10-14,16,18H,4-9H2,1-3H3. The molecule has 1 aliphatic heterocycles. The number of hydrogen-bond acceptors (Lipinski definition) is 3. The Morgan fingerprint density at radius 3 is 2.85 bits per heavy atom. The fourth-order valence-corrected chi connectivity index (χ4v) is 3.53. The molecule has 0 spiro atoms. The van der Waals surface area contributed by atoms with Crippen molar-refractivity contribution in [3.8, 4) is 0 Å². The van der Waals surface area contributed by atoms with E-state index in [-0.39, 0.29) is 0 Å². The highest BCUT2D eigenvalue weighted by Gasteiger charge is 2.35. The van der Waals surface area contributed by atoms with Crippen molar-refractivity contribution >= 4 is 0 Å². The van der Waals surface area contributed by atoms with Gasteiger partial charge in [-0.05, 0) is 45.2 Å². The van der Waals surface area contributed by atoms with Gasteiger partial charge >= 0.3 is 0 Å². The third kappa shape index (κ3) is 2.91. The molecule has 1 saturated carbocycles. The molecule has 1 N–H and O–H groups in total. The first-order valence-corrected chi connectivity index (χ1v) is 8.12. The van der Waals surface area contributed by atoms with Crippen molar-refractivity contribution in [2.45, 2.75) is 57.7 Å². The number of piperidine rings is 1. The molecule has 2 aliphatic rings. The molecule has 0 bridgehead atoms. The number of hydrogen-bond donors (Lipinski definition) is 1. The topological polar surface area (TPSA) is 33.1 Å². The molecule has 2 atom stereocenters. The van der Waals surface area contributed by atoms with E-state index in [4.69, 9.17) is 0 Å². The minimum Gasteiger partial charge on any atom is -0.330 e. The Hall–Kier alpha value is -0.870. The van der Waals surface area contributed by atoms with E-state index >= 15 is 0 Å². The van der Waals surface area contributed by atoms with Gasteiger partial charge in [0, 0.05) is 24.8 Å². The summed E-state index contributed by atoms with van der Waals surface area (Å²) in [4.78, 5) is 6.97. The predicted octanol–water partition coefficient (Wildman–Crippen LogP) is 2.60. The summed E-state index contributed by atoms with van der Waals surface area (Å²) < 4.78 is 2.44. The van der Waals surface area contributed by atoms with Gasteiger partial charge in [0.25, 0.3) is 0 Å². The quantitative estimate of drug-likeness (QED) is 0.897. The summed E-state index contributed by atoms with van der Waals surface area (Å²) in [5, 5.41) is 3.64. The highest BCUT2D eigenvalue weighted by atomic mass is 15.2. The highest BCUT2D eigenvalue weighted by Crippen LogP contribution is 2.41. The molecule has 1 aromatic rings. The molecular formula is C16H28N4. The number of rotatable bonds is 5. The molecule has 3 rings (SSSR count). The Bertz CT molecular complexity index is 435.